The Labute approximate surface area is 109 Å². The van der Waals surface area contributed by atoms with Gasteiger partial charge in [0.25, 0.3) is 0 Å². The molecule has 0 spiro atoms. The third kappa shape index (κ3) is 2.14. The molecule has 2 atom stereocenters. The summed E-state index contributed by atoms with van der Waals surface area (Å²) in [6, 6.07) is 6.93. The van der Waals surface area contributed by atoms with Crippen LogP contribution in [0.4, 0.5) is 11.4 Å². The molecule has 1 aliphatic carbocycles. The highest BCUT2D eigenvalue weighted by Gasteiger charge is 2.30. The maximum atomic E-state index is 5.83. The molecule has 0 amide bonds. The van der Waals surface area contributed by atoms with Crippen molar-refractivity contribution in [2.24, 2.45) is 5.92 Å². The Morgan fingerprint density at radius 3 is 3.17 bits per heavy atom. The summed E-state index contributed by atoms with van der Waals surface area (Å²) in [7, 11) is 0. The molecule has 0 saturated heterocycles. The van der Waals surface area contributed by atoms with Crippen LogP contribution in [0.5, 0.6) is 5.75 Å². The highest BCUT2D eigenvalue weighted by atomic mass is 16.5. The first-order chi connectivity index (χ1) is 8.88. The zero-order valence-corrected chi connectivity index (χ0v) is 11.0. The van der Waals surface area contributed by atoms with Crippen LogP contribution in [0.1, 0.15) is 32.6 Å². The molecule has 1 aromatic carbocycles. The first-order valence-corrected chi connectivity index (χ1v) is 7.14. The molecule has 1 aliphatic heterocycles. The molecule has 2 aliphatic rings. The van der Waals surface area contributed by atoms with Gasteiger partial charge in [0.1, 0.15) is 11.4 Å². The van der Waals surface area contributed by atoms with Crippen LogP contribution in [-0.4, -0.2) is 19.2 Å². The molecule has 3 rings (SSSR count). The number of hydrogen-bond acceptors (Lipinski definition) is 3. The predicted octanol–water partition coefficient (Wildman–Crippen LogP) is 3.48. The molecule has 98 valence electrons. The van der Waals surface area contributed by atoms with Gasteiger partial charge < -0.3 is 15.4 Å². The van der Waals surface area contributed by atoms with E-state index in [9.17, 15) is 0 Å². The van der Waals surface area contributed by atoms with E-state index < -0.39 is 0 Å². The van der Waals surface area contributed by atoms with Gasteiger partial charge in [0, 0.05) is 12.6 Å². The van der Waals surface area contributed by atoms with E-state index in [1.165, 1.54) is 24.9 Å². The fourth-order valence-corrected chi connectivity index (χ4v) is 3.07. The van der Waals surface area contributed by atoms with Crippen molar-refractivity contribution in [3.63, 3.8) is 0 Å². The zero-order chi connectivity index (χ0) is 12.4. The lowest BCUT2D eigenvalue weighted by atomic mass is 10.0. The van der Waals surface area contributed by atoms with Crippen molar-refractivity contribution in [3.8, 4) is 5.75 Å². The average Bonchev–Trinajstić information content (AvgIpc) is 2.75. The minimum absolute atomic E-state index is 0.639. The Bertz CT molecular complexity index is 419. The van der Waals surface area contributed by atoms with Crippen LogP contribution in [0.15, 0.2) is 18.2 Å². The minimum Gasteiger partial charge on any atom is -0.491 e. The molecule has 2 N–H and O–H groups in total. The third-order valence-corrected chi connectivity index (χ3v) is 4.03. The largest absolute Gasteiger partial charge is 0.491 e. The molecule has 2 unspecified atom stereocenters. The van der Waals surface area contributed by atoms with Crippen LogP contribution in [0.2, 0.25) is 0 Å². The predicted molar refractivity (Wildman–Crippen MR) is 75.5 cm³/mol. The fraction of sp³-hybridized carbons (Fsp3) is 0.600. The van der Waals surface area contributed by atoms with Crippen molar-refractivity contribution >= 4 is 11.4 Å². The number of para-hydroxylation sites is 1. The standard InChI is InChI=1S/C15H22N2O/c1-2-9-18-14-8-4-7-13-15(14)16-10-11-5-3-6-12(11)17-13/h4,7-8,11-12,16-17H,2-3,5-6,9-10H2,1H3. The Morgan fingerprint density at radius 2 is 2.28 bits per heavy atom. The number of rotatable bonds is 3. The highest BCUT2D eigenvalue weighted by Crippen LogP contribution is 2.39. The smallest absolute Gasteiger partial charge is 0.144 e. The Kier molecular flexibility index (Phi) is 3.31. The number of ether oxygens (including phenoxy) is 1. The monoisotopic (exact) mass is 246 g/mol. The molecule has 0 bridgehead atoms. The molecule has 1 aromatic rings. The van der Waals surface area contributed by atoms with Crippen molar-refractivity contribution in [1.29, 1.82) is 0 Å². The van der Waals surface area contributed by atoms with E-state index >= 15 is 0 Å². The first kappa shape index (κ1) is 11.7. The van der Waals surface area contributed by atoms with Gasteiger partial charge >= 0.3 is 0 Å². The highest BCUT2D eigenvalue weighted by molar-refractivity contribution is 5.76. The van der Waals surface area contributed by atoms with Crippen LogP contribution in [0.25, 0.3) is 0 Å². The second-order valence-electron chi connectivity index (χ2n) is 5.35. The van der Waals surface area contributed by atoms with Crippen LogP contribution in [-0.2, 0) is 0 Å². The Balaban J connectivity index is 1.85. The van der Waals surface area contributed by atoms with Crippen molar-refractivity contribution in [2.45, 2.75) is 38.6 Å². The normalized spacial score (nSPS) is 25.4. The first-order valence-electron chi connectivity index (χ1n) is 7.14. The van der Waals surface area contributed by atoms with Crippen molar-refractivity contribution in [1.82, 2.24) is 0 Å². The van der Waals surface area contributed by atoms with Crippen LogP contribution in [0, 0.1) is 5.92 Å². The van der Waals surface area contributed by atoms with Gasteiger partial charge in [0.15, 0.2) is 0 Å². The summed E-state index contributed by atoms with van der Waals surface area (Å²) in [4.78, 5) is 0. The molecule has 1 heterocycles. The summed E-state index contributed by atoms with van der Waals surface area (Å²) < 4.78 is 5.83. The summed E-state index contributed by atoms with van der Waals surface area (Å²) in [6.45, 7) is 3.99. The lowest BCUT2D eigenvalue weighted by Gasteiger charge is -2.17. The maximum Gasteiger partial charge on any atom is 0.144 e. The number of nitrogens with one attached hydrogen (secondary N) is 2. The molecule has 1 fully saturated rings. The summed E-state index contributed by atoms with van der Waals surface area (Å²) in [6.07, 6.45) is 5.03. The quantitative estimate of drug-likeness (QED) is 0.856. The van der Waals surface area contributed by atoms with Gasteiger partial charge in [-0.3, -0.25) is 0 Å². The number of benzene rings is 1. The molecule has 0 radical (unpaired) electrons. The SMILES string of the molecule is CCCOc1cccc2c1NCC1CCCC1N2. The van der Waals surface area contributed by atoms with Crippen LogP contribution >= 0.6 is 0 Å². The van der Waals surface area contributed by atoms with Gasteiger partial charge in [-0.05, 0) is 37.3 Å². The number of anilines is 2. The summed E-state index contributed by atoms with van der Waals surface area (Å²) in [5.41, 5.74) is 2.36. The third-order valence-electron chi connectivity index (χ3n) is 4.03. The van der Waals surface area contributed by atoms with E-state index in [1.807, 2.05) is 0 Å². The van der Waals surface area contributed by atoms with Gasteiger partial charge in [-0.1, -0.05) is 19.4 Å². The summed E-state index contributed by atoms with van der Waals surface area (Å²) in [5, 5.41) is 7.28. The lowest BCUT2D eigenvalue weighted by molar-refractivity contribution is 0.319. The maximum absolute atomic E-state index is 5.83. The Hall–Kier alpha value is -1.38. The zero-order valence-electron chi connectivity index (χ0n) is 11.0. The average molecular weight is 246 g/mol. The van der Waals surface area contributed by atoms with Crippen molar-refractivity contribution in [2.75, 3.05) is 23.8 Å². The molecule has 3 heteroatoms. The van der Waals surface area contributed by atoms with Crippen LogP contribution in [0.3, 0.4) is 0 Å². The molecular weight excluding hydrogens is 224 g/mol. The molecule has 1 saturated carbocycles. The lowest BCUT2D eigenvalue weighted by Crippen LogP contribution is -2.25. The molecule has 3 nitrogen and oxygen atoms in total. The fourth-order valence-electron chi connectivity index (χ4n) is 3.07. The van der Waals surface area contributed by atoms with E-state index in [-0.39, 0.29) is 0 Å². The summed E-state index contributed by atoms with van der Waals surface area (Å²) >= 11 is 0. The molecular formula is C15H22N2O. The number of hydrogen-bond donors (Lipinski definition) is 2. The van der Waals surface area contributed by atoms with Crippen molar-refractivity contribution < 1.29 is 4.74 Å². The Morgan fingerprint density at radius 1 is 1.33 bits per heavy atom. The van der Waals surface area contributed by atoms with E-state index in [2.05, 4.69) is 35.8 Å². The van der Waals surface area contributed by atoms with E-state index in [1.54, 1.807) is 0 Å². The molecule has 18 heavy (non-hydrogen) atoms. The van der Waals surface area contributed by atoms with E-state index in [4.69, 9.17) is 4.74 Å². The minimum atomic E-state index is 0.639. The van der Waals surface area contributed by atoms with E-state index in [0.29, 0.717) is 6.04 Å². The van der Waals surface area contributed by atoms with Gasteiger partial charge in [-0.25, -0.2) is 0 Å². The van der Waals surface area contributed by atoms with Crippen LogP contribution < -0.4 is 15.4 Å². The summed E-state index contributed by atoms with van der Waals surface area (Å²) in [5.74, 6) is 1.75. The second-order valence-corrected chi connectivity index (χ2v) is 5.35. The number of fused-ring (bicyclic) bond motifs is 2. The second kappa shape index (κ2) is 5.09. The van der Waals surface area contributed by atoms with Gasteiger partial charge in [-0.2, -0.15) is 0 Å². The van der Waals surface area contributed by atoms with Gasteiger partial charge in [-0.15, -0.1) is 0 Å². The van der Waals surface area contributed by atoms with Gasteiger partial charge in [0.2, 0.25) is 0 Å². The van der Waals surface area contributed by atoms with E-state index in [0.717, 1.165) is 36.9 Å². The topological polar surface area (TPSA) is 33.3 Å². The molecule has 0 aromatic heterocycles. The van der Waals surface area contributed by atoms with Gasteiger partial charge in [0.05, 0.1) is 12.3 Å². The van der Waals surface area contributed by atoms with Crippen molar-refractivity contribution in [3.05, 3.63) is 18.2 Å².